The molecule has 16 heavy (non-hydrogen) atoms. The molecule has 0 aliphatic carbocycles. The Morgan fingerprint density at radius 1 is 1.12 bits per heavy atom. The first-order valence-electron chi connectivity index (χ1n) is 4.72. The summed E-state index contributed by atoms with van der Waals surface area (Å²) in [7, 11) is 0. The lowest BCUT2D eigenvalue weighted by Gasteiger charge is -2.26. The summed E-state index contributed by atoms with van der Waals surface area (Å²) >= 11 is 0. The Bertz CT molecular complexity index is 317. The molecule has 0 rings (SSSR count). The van der Waals surface area contributed by atoms with E-state index in [9.17, 15) is 9.59 Å². The standard InChI is InChI=1S/C10H17NO5/c1-6(7(2)9(15)16)8(14)11-10(3,4-12)5-13/h12-13H,4-5H2,1-3H3,(H,11,14)(H,15,16). The number of carbonyl (C=O) groups excluding carboxylic acids is 1. The molecule has 0 bridgehead atoms. The molecule has 6 nitrogen and oxygen atoms in total. The van der Waals surface area contributed by atoms with Crippen molar-refractivity contribution in [3.63, 3.8) is 0 Å². The maximum absolute atomic E-state index is 11.6. The van der Waals surface area contributed by atoms with Crippen LogP contribution in [0.2, 0.25) is 0 Å². The second-order valence-electron chi connectivity index (χ2n) is 3.89. The summed E-state index contributed by atoms with van der Waals surface area (Å²) in [6.07, 6.45) is 0. The van der Waals surface area contributed by atoms with E-state index in [4.69, 9.17) is 15.3 Å². The van der Waals surface area contributed by atoms with Crippen molar-refractivity contribution in [1.82, 2.24) is 5.32 Å². The Kier molecular flexibility index (Phi) is 5.13. The lowest BCUT2D eigenvalue weighted by molar-refractivity contribution is -0.133. The van der Waals surface area contributed by atoms with Gasteiger partial charge >= 0.3 is 5.97 Å². The van der Waals surface area contributed by atoms with Crippen LogP contribution in [0.3, 0.4) is 0 Å². The largest absolute Gasteiger partial charge is 0.478 e. The zero-order valence-corrected chi connectivity index (χ0v) is 9.57. The van der Waals surface area contributed by atoms with Gasteiger partial charge in [-0.25, -0.2) is 4.79 Å². The summed E-state index contributed by atoms with van der Waals surface area (Å²) < 4.78 is 0. The van der Waals surface area contributed by atoms with Crippen LogP contribution >= 0.6 is 0 Å². The summed E-state index contributed by atoms with van der Waals surface area (Å²) in [5, 5.41) is 29.0. The molecule has 1 amide bonds. The molecule has 0 aliphatic rings. The van der Waals surface area contributed by atoms with Gasteiger partial charge in [0.1, 0.15) is 0 Å². The number of aliphatic carboxylic acids is 1. The van der Waals surface area contributed by atoms with Crippen molar-refractivity contribution in [3.8, 4) is 0 Å². The molecule has 0 fully saturated rings. The maximum Gasteiger partial charge on any atom is 0.331 e. The quantitative estimate of drug-likeness (QED) is 0.466. The van der Waals surface area contributed by atoms with E-state index in [0.29, 0.717) is 0 Å². The maximum atomic E-state index is 11.6. The van der Waals surface area contributed by atoms with E-state index < -0.39 is 30.6 Å². The van der Waals surface area contributed by atoms with Crippen molar-refractivity contribution in [2.75, 3.05) is 13.2 Å². The number of carboxylic acid groups (broad SMARTS) is 1. The number of amides is 1. The molecule has 0 saturated carbocycles. The molecule has 0 spiro atoms. The smallest absolute Gasteiger partial charge is 0.331 e. The Hall–Kier alpha value is -1.40. The van der Waals surface area contributed by atoms with Crippen LogP contribution in [0.1, 0.15) is 20.8 Å². The topological polar surface area (TPSA) is 107 Å². The van der Waals surface area contributed by atoms with Crippen molar-refractivity contribution in [2.45, 2.75) is 26.3 Å². The minimum Gasteiger partial charge on any atom is -0.478 e. The molecule has 0 heterocycles. The van der Waals surface area contributed by atoms with Crippen molar-refractivity contribution in [1.29, 1.82) is 0 Å². The van der Waals surface area contributed by atoms with Crippen molar-refractivity contribution < 1.29 is 24.9 Å². The van der Waals surface area contributed by atoms with E-state index in [1.165, 1.54) is 20.8 Å². The molecule has 0 aromatic heterocycles. The van der Waals surface area contributed by atoms with Gasteiger partial charge in [0.15, 0.2) is 0 Å². The first-order chi connectivity index (χ1) is 7.27. The van der Waals surface area contributed by atoms with Crippen LogP contribution in [-0.2, 0) is 9.59 Å². The molecule has 0 aromatic rings. The molecule has 0 aromatic carbocycles. The van der Waals surface area contributed by atoms with Gasteiger partial charge in [0.2, 0.25) is 5.91 Å². The van der Waals surface area contributed by atoms with E-state index in [1.807, 2.05) is 0 Å². The van der Waals surface area contributed by atoms with Gasteiger partial charge in [-0.2, -0.15) is 0 Å². The number of nitrogens with one attached hydrogen (secondary N) is 1. The van der Waals surface area contributed by atoms with Crippen LogP contribution in [0, 0.1) is 0 Å². The van der Waals surface area contributed by atoms with Crippen LogP contribution in [0.4, 0.5) is 0 Å². The Morgan fingerprint density at radius 2 is 1.56 bits per heavy atom. The summed E-state index contributed by atoms with van der Waals surface area (Å²) in [4.78, 5) is 22.2. The van der Waals surface area contributed by atoms with Gasteiger partial charge in [-0.3, -0.25) is 4.79 Å². The second kappa shape index (κ2) is 5.62. The van der Waals surface area contributed by atoms with Gasteiger partial charge in [0.05, 0.1) is 18.8 Å². The predicted molar refractivity (Wildman–Crippen MR) is 56.7 cm³/mol. The minimum absolute atomic E-state index is 0.0422. The third kappa shape index (κ3) is 3.63. The normalized spacial score (nSPS) is 13.1. The highest BCUT2D eigenvalue weighted by Gasteiger charge is 2.26. The highest BCUT2D eigenvalue weighted by molar-refractivity contribution is 6.01. The average Bonchev–Trinajstić information content (AvgIpc) is 2.26. The highest BCUT2D eigenvalue weighted by atomic mass is 16.4. The fourth-order valence-electron chi connectivity index (χ4n) is 0.828. The van der Waals surface area contributed by atoms with Crippen LogP contribution < -0.4 is 5.32 Å². The van der Waals surface area contributed by atoms with Crippen LogP contribution in [-0.4, -0.2) is 45.9 Å². The SMILES string of the molecule is CC(C(=O)O)=C(C)C(=O)NC(C)(CO)CO. The first kappa shape index (κ1) is 14.6. The van der Waals surface area contributed by atoms with Crippen molar-refractivity contribution >= 4 is 11.9 Å². The molecular formula is C10H17NO5. The third-order valence-corrected chi connectivity index (χ3v) is 2.34. The van der Waals surface area contributed by atoms with Gasteiger partial charge in [-0.15, -0.1) is 0 Å². The molecule has 0 saturated heterocycles. The fraction of sp³-hybridized carbons (Fsp3) is 0.600. The minimum atomic E-state index is -1.18. The molecule has 0 atom stereocenters. The number of carbonyl (C=O) groups is 2. The molecule has 92 valence electrons. The molecule has 4 N–H and O–H groups in total. The molecule has 0 aliphatic heterocycles. The zero-order chi connectivity index (χ0) is 12.9. The number of hydrogen-bond acceptors (Lipinski definition) is 4. The fourth-order valence-corrected chi connectivity index (χ4v) is 0.828. The van der Waals surface area contributed by atoms with Crippen LogP contribution in [0.15, 0.2) is 11.1 Å². The molecule has 6 heteroatoms. The number of rotatable bonds is 5. The lowest BCUT2D eigenvalue weighted by Crippen LogP contribution is -2.52. The Morgan fingerprint density at radius 3 is 1.88 bits per heavy atom. The Labute approximate surface area is 93.6 Å². The van der Waals surface area contributed by atoms with Crippen molar-refractivity contribution in [3.05, 3.63) is 11.1 Å². The van der Waals surface area contributed by atoms with Gasteiger partial charge in [0.25, 0.3) is 0 Å². The van der Waals surface area contributed by atoms with E-state index >= 15 is 0 Å². The predicted octanol–water partition coefficient (Wildman–Crippen LogP) is -0.733. The number of aliphatic hydroxyl groups is 2. The number of carboxylic acids is 1. The second-order valence-corrected chi connectivity index (χ2v) is 3.89. The van der Waals surface area contributed by atoms with Crippen LogP contribution in [0.25, 0.3) is 0 Å². The number of hydrogen-bond donors (Lipinski definition) is 4. The van der Waals surface area contributed by atoms with E-state index in [1.54, 1.807) is 0 Å². The average molecular weight is 231 g/mol. The van der Waals surface area contributed by atoms with Crippen LogP contribution in [0.5, 0.6) is 0 Å². The summed E-state index contributed by atoms with van der Waals surface area (Å²) in [5.74, 6) is -1.80. The highest BCUT2D eigenvalue weighted by Crippen LogP contribution is 2.07. The Balaban J connectivity index is 4.85. The van der Waals surface area contributed by atoms with E-state index in [2.05, 4.69) is 5.32 Å². The van der Waals surface area contributed by atoms with Gasteiger partial charge < -0.3 is 20.6 Å². The van der Waals surface area contributed by atoms with E-state index in [-0.39, 0.29) is 11.1 Å². The van der Waals surface area contributed by atoms with Gasteiger partial charge in [-0.05, 0) is 20.8 Å². The third-order valence-electron chi connectivity index (χ3n) is 2.34. The van der Waals surface area contributed by atoms with Crippen molar-refractivity contribution in [2.24, 2.45) is 0 Å². The molecule has 0 radical (unpaired) electrons. The summed E-state index contributed by atoms with van der Waals surface area (Å²) in [6, 6.07) is 0. The lowest BCUT2D eigenvalue weighted by atomic mass is 10.0. The molecular weight excluding hydrogens is 214 g/mol. The summed E-state index contributed by atoms with van der Waals surface area (Å²) in [6.45, 7) is 3.26. The van der Waals surface area contributed by atoms with Gasteiger partial charge in [-0.1, -0.05) is 0 Å². The summed E-state index contributed by atoms with van der Waals surface area (Å²) in [5.41, 5.74) is -1.19. The van der Waals surface area contributed by atoms with Gasteiger partial charge in [0, 0.05) is 11.1 Å². The van der Waals surface area contributed by atoms with E-state index in [0.717, 1.165) is 0 Å². The molecule has 0 unspecified atom stereocenters. The number of aliphatic hydroxyl groups excluding tert-OH is 2. The monoisotopic (exact) mass is 231 g/mol. The first-order valence-corrected chi connectivity index (χ1v) is 4.72. The zero-order valence-electron chi connectivity index (χ0n) is 9.57.